The second kappa shape index (κ2) is 6.04. The highest BCUT2D eigenvalue weighted by Gasteiger charge is 2.28. The molecule has 0 fully saturated rings. The van der Waals surface area contributed by atoms with Crippen molar-refractivity contribution in [2.75, 3.05) is 6.61 Å². The average Bonchev–Trinajstić information content (AvgIpc) is 2.35. The molecule has 1 atom stereocenters. The second-order valence-electron chi connectivity index (χ2n) is 3.78. The molecule has 0 radical (unpaired) electrons. The maximum Gasteiger partial charge on any atom is 0.292 e. The van der Waals surface area contributed by atoms with Gasteiger partial charge in [0.1, 0.15) is 5.82 Å². The first kappa shape index (κ1) is 15.5. The lowest BCUT2D eigenvalue weighted by molar-refractivity contribution is -0.388. The number of rotatable bonds is 6. The van der Waals surface area contributed by atoms with E-state index in [1.54, 1.807) is 6.92 Å². The van der Waals surface area contributed by atoms with Crippen LogP contribution >= 0.6 is 0 Å². The molecule has 0 saturated carbocycles. The Morgan fingerprint density at radius 3 is 2.63 bits per heavy atom. The third-order valence-electron chi connectivity index (χ3n) is 2.44. The lowest BCUT2D eigenvalue weighted by Crippen LogP contribution is -2.37. The van der Waals surface area contributed by atoms with Crippen molar-refractivity contribution in [1.29, 1.82) is 0 Å². The molecule has 0 aliphatic heterocycles. The van der Waals surface area contributed by atoms with Crippen LogP contribution < -0.4 is 4.72 Å². The van der Waals surface area contributed by atoms with E-state index in [0.717, 1.165) is 12.1 Å². The van der Waals surface area contributed by atoms with E-state index < -0.39 is 44.0 Å². The van der Waals surface area contributed by atoms with E-state index in [1.807, 2.05) is 0 Å². The standard InChI is InChI=1S/C10H13FN2O5S/c1-2-8(6-14)12-19(17,18)10-4-3-7(11)5-9(10)13(15)16/h3-5,8,12,14H,2,6H2,1H3/t8-/m0/s1. The fourth-order valence-electron chi connectivity index (χ4n) is 1.39. The van der Waals surface area contributed by atoms with Crippen molar-refractivity contribution in [3.8, 4) is 0 Å². The fraction of sp³-hybridized carbons (Fsp3) is 0.400. The van der Waals surface area contributed by atoms with E-state index in [2.05, 4.69) is 4.72 Å². The third-order valence-corrected chi connectivity index (χ3v) is 4.01. The van der Waals surface area contributed by atoms with E-state index in [9.17, 15) is 22.9 Å². The molecule has 0 saturated heterocycles. The molecular formula is C10H13FN2O5S. The summed E-state index contributed by atoms with van der Waals surface area (Å²) in [6, 6.07) is 1.42. The Hall–Kier alpha value is -1.58. The van der Waals surface area contributed by atoms with Crippen LogP contribution in [0.25, 0.3) is 0 Å². The van der Waals surface area contributed by atoms with Gasteiger partial charge >= 0.3 is 0 Å². The Morgan fingerprint density at radius 2 is 2.16 bits per heavy atom. The first-order valence-electron chi connectivity index (χ1n) is 5.39. The highest BCUT2D eigenvalue weighted by atomic mass is 32.2. The number of aliphatic hydroxyl groups is 1. The Morgan fingerprint density at radius 1 is 1.53 bits per heavy atom. The molecule has 0 bridgehead atoms. The number of halogens is 1. The Balaban J connectivity index is 3.25. The van der Waals surface area contributed by atoms with Crippen molar-refractivity contribution < 1.29 is 22.8 Å². The van der Waals surface area contributed by atoms with Crippen LogP contribution in [0.3, 0.4) is 0 Å². The average molecular weight is 292 g/mol. The molecule has 7 nitrogen and oxygen atoms in total. The van der Waals surface area contributed by atoms with Gasteiger partial charge in [0.25, 0.3) is 5.69 Å². The molecule has 2 N–H and O–H groups in total. The fourth-order valence-corrected chi connectivity index (χ4v) is 2.86. The van der Waals surface area contributed by atoms with Crippen LogP contribution in [0.5, 0.6) is 0 Å². The van der Waals surface area contributed by atoms with Crippen molar-refractivity contribution >= 4 is 15.7 Å². The molecule has 0 amide bonds. The number of aliphatic hydroxyl groups excluding tert-OH is 1. The van der Waals surface area contributed by atoms with Crippen molar-refractivity contribution in [1.82, 2.24) is 4.72 Å². The van der Waals surface area contributed by atoms with Crippen LogP contribution in [0.1, 0.15) is 13.3 Å². The van der Waals surface area contributed by atoms with E-state index in [0.29, 0.717) is 12.5 Å². The highest BCUT2D eigenvalue weighted by Crippen LogP contribution is 2.24. The number of nitro benzene ring substituents is 1. The highest BCUT2D eigenvalue weighted by molar-refractivity contribution is 7.89. The number of benzene rings is 1. The van der Waals surface area contributed by atoms with Crippen LogP contribution in [-0.2, 0) is 10.0 Å². The van der Waals surface area contributed by atoms with Crippen LogP contribution in [0.2, 0.25) is 0 Å². The van der Waals surface area contributed by atoms with E-state index in [-0.39, 0.29) is 0 Å². The van der Waals surface area contributed by atoms with Gasteiger partial charge in [-0.2, -0.15) is 0 Å². The van der Waals surface area contributed by atoms with Gasteiger partial charge < -0.3 is 5.11 Å². The summed E-state index contributed by atoms with van der Waals surface area (Å²) in [7, 11) is -4.19. The lowest BCUT2D eigenvalue weighted by atomic mass is 10.3. The summed E-state index contributed by atoms with van der Waals surface area (Å²) < 4.78 is 38.9. The van der Waals surface area contributed by atoms with Crippen molar-refractivity contribution in [3.05, 3.63) is 34.1 Å². The Labute approximate surface area is 109 Å². The minimum atomic E-state index is -4.19. The zero-order valence-corrected chi connectivity index (χ0v) is 10.9. The van der Waals surface area contributed by atoms with Gasteiger partial charge in [-0.3, -0.25) is 10.1 Å². The van der Waals surface area contributed by atoms with Gasteiger partial charge in [0.05, 0.1) is 17.6 Å². The van der Waals surface area contributed by atoms with Gasteiger partial charge in [0, 0.05) is 6.04 Å². The molecule has 0 aliphatic carbocycles. The Bertz CT molecular complexity index is 571. The molecule has 1 aromatic carbocycles. The monoisotopic (exact) mass is 292 g/mol. The summed E-state index contributed by atoms with van der Waals surface area (Å²) in [6.45, 7) is 1.20. The molecule has 19 heavy (non-hydrogen) atoms. The summed E-state index contributed by atoms with van der Waals surface area (Å²) in [6.07, 6.45) is 0.310. The van der Waals surface area contributed by atoms with Crippen molar-refractivity contribution in [3.63, 3.8) is 0 Å². The van der Waals surface area contributed by atoms with Crippen molar-refractivity contribution in [2.24, 2.45) is 0 Å². The van der Waals surface area contributed by atoms with Gasteiger partial charge in [-0.15, -0.1) is 0 Å². The quantitative estimate of drug-likeness (QED) is 0.595. The number of nitro groups is 1. The van der Waals surface area contributed by atoms with Gasteiger partial charge in [-0.25, -0.2) is 17.5 Å². The number of hydrogen-bond acceptors (Lipinski definition) is 5. The molecule has 9 heteroatoms. The molecule has 0 spiro atoms. The first-order valence-corrected chi connectivity index (χ1v) is 6.87. The maximum atomic E-state index is 12.9. The molecule has 0 aromatic heterocycles. The van der Waals surface area contributed by atoms with E-state index in [1.165, 1.54) is 0 Å². The molecule has 1 aromatic rings. The zero-order valence-electron chi connectivity index (χ0n) is 10.0. The molecule has 0 aliphatic rings. The predicted molar refractivity (Wildman–Crippen MR) is 64.5 cm³/mol. The summed E-state index contributed by atoms with van der Waals surface area (Å²) in [4.78, 5) is 9.13. The summed E-state index contributed by atoms with van der Waals surface area (Å²) in [5.41, 5.74) is -0.847. The molecular weight excluding hydrogens is 279 g/mol. The normalized spacial score (nSPS) is 13.2. The van der Waals surface area contributed by atoms with Gasteiger partial charge in [0.15, 0.2) is 4.90 Å². The summed E-state index contributed by atoms with van der Waals surface area (Å²) >= 11 is 0. The molecule has 106 valence electrons. The van der Waals surface area contributed by atoms with E-state index in [4.69, 9.17) is 5.11 Å². The van der Waals surface area contributed by atoms with Gasteiger partial charge in [0.2, 0.25) is 10.0 Å². The maximum absolute atomic E-state index is 12.9. The van der Waals surface area contributed by atoms with Gasteiger partial charge in [-0.1, -0.05) is 6.92 Å². The number of nitrogens with one attached hydrogen (secondary N) is 1. The number of nitrogens with zero attached hydrogens (tertiary/aromatic N) is 1. The lowest BCUT2D eigenvalue weighted by Gasteiger charge is -2.14. The minimum Gasteiger partial charge on any atom is -0.395 e. The second-order valence-corrected chi connectivity index (χ2v) is 5.46. The SMILES string of the molecule is CC[C@@H](CO)NS(=O)(=O)c1ccc(F)cc1[N+](=O)[O-]. The van der Waals surface area contributed by atoms with E-state index >= 15 is 0 Å². The summed E-state index contributed by atoms with van der Waals surface area (Å²) in [5.74, 6) is -0.903. The van der Waals surface area contributed by atoms with Crippen LogP contribution in [0, 0.1) is 15.9 Å². The van der Waals surface area contributed by atoms with Crippen LogP contribution in [-0.4, -0.2) is 31.1 Å². The Kier molecular flexibility index (Phi) is 4.92. The molecule has 1 rings (SSSR count). The smallest absolute Gasteiger partial charge is 0.292 e. The third kappa shape index (κ3) is 3.69. The largest absolute Gasteiger partial charge is 0.395 e. The number of hydrogen-bond donors (Lipinski definition) is 2. The first-order chi connectivity index (χ1) is 8.81. The van der Waals surface area contributed by atoms with Crippen LogP contribution in [0.4, 0.5) is 10.1 Å². The zero-order chi connectivity index (χ0) is 14.6. The van der Waals surface area contributed by atoms with Gasteiger partial charge in [-0.05, 0) is 18.6 Å². The molecule has 0 unspecified atom stereocenters. The van der Waals surface area contributed by atoms with Crippen LogP contribution in [0.15, 0.2) is 23.1 Å². The predicted octanol–water partition coefficient (Wildman–Crippen LogP) is 0.783. The molecule has 0 heterocycles. The number of sulfonamides is 1. The minimum absolute atomic E-state index is 0.310. The van der Waals surface area contributed by atoms with Crippen molar-refractivity contribution in [2.45, 2.75) is 24.3 Å². The topological polar surface area (TPSA) is 110 Å². The summed E-state index contributed by atoms with van der Waals surface area (Å²) in [5, 5.41) is 19.7.